The van der Waals surface area contributed by atoms with Gasteiger partial charge in [0.25, 0.3) is 0 Å². The van der Waals surface area contributed by atoms with E-state index in [0.717, 1.165) is 18.5 Å². The van der Waals surface area contributed by atoms with E-state index in [0.29, 0.717) is 6.04 Å². The van der Waals surface area contributed by atoms with Gasteiger partial charge >= 0.3 is 0 Å². The first-order valence-electron chi connectivity index (χ1n) is 8.01. The molecule has 1 atom stereocenters. The molecule has 0 aliphatic heterocycles. The molecule has 0 radical (unpaired) electrons. The first-order chi connectivity index (χ1) is 9.58. The minimum atomic E-state index is 0.0611. The van der Waals surface area contributed by atoms with Crippen molar-refractivity contribution in [3.63, 3.8) is 0 Å². The second kappa shape index (κ2) is 5.24. The lowest BCUT2D eigenvalue weighted by Crippen LogP contribution is -2.22. The summed E-state index contributed by atoms with van der Waals surface area (Å²) in [7, 11) is 0. The molecule has 0 bridgehead atoms. The van der Waals surface area contributed by atoms with Crippen LogP contribution >= 0.6 is 0 Å². The van der Waals surface area contributed by atoms with Crippen LogP contribution in [0.1, 0.15) is 88.0 Å². The van der Waals surface area contributed by atoms with Crippen LogP contribution in [0.5, 0.6) is 0 Å². The van der Waals surface area contributed by atoms with Crippen LogP contribution in [-0.4, -0.2) is 12.3 Å². The number of carbonyl (C=O) groups is 1. The fourth-order valence-corrected chi connectivity index (χ4v) is 3.46. The predicted molar refractivity (Wildman–Crippen MR) is 89.2 cm³/mol. The number of hydrogen-bond acceptors (Lipinski definition) is 2. The summed E-state index contributed by atoms with van der Waals surface area (Å²) in [4.78, 5) is 12.2. The highest BCUT2D eigenvalue weighted by molar-refractivity contribution is 5.96. The van der Waals surface area contributed by atoms with E-state index >= 15 is 0 Å². The van der Waals surface area contributed by atoms with Crippen LogP contribution in [0.2, 0.25) is 0 Å². The fraction of sp³-hybridized carbons (Fsp3) is 0.632. The maximum atomic E-state index is 12.2. The topological polar surface area (TPSA) is 29.1 Å². The van der Waals surface area contributed by atoms with Crippen molar-refractivity contribution in [2.24, 2.45) is 0 Å². The zero-order valence-corrected chi connectivity index (χ0v) is 14.6. The lowest BCUT2D eigenvalue weighted by atomic mass is 9.79. The third-order valence-electron chi connectivity index (χ3n) is 4.67. The Bertz CT molecular complexity index is 564. The van der Waals surface area contributed by atoms with Crippen LogP contribution in [0.4, 0.5) is 0 Å². The molecule has 1 aliphatic rings. The molecule has 1 aromatic carbocycles. The predicted octanol–water partition coefficient (Wildman–Crippen LogP) is 4.52. The molecule has 21 heavy (non-hydrogen) atoms. The lowest BCUT2D eigenvalue weighted by Gasteiger charge is -2.25. The third kappa shape index (κ3) is 2.91. The Morgan fingerprint density at radius 3 is 2.43 bits per heavy atom. The summed E-state index contributed by atoms with van der Waals surface area (Å²) >= 11 is 0. The second-order valence-corrected chi connectivity index (χ2v) is 7.99. The van der Waals surface area contributed by atoms with Gasteiger partial charge in [-0.15, -0.1) is 0 Å². The molecule has 0 heterocycles. The minimum absolute atomic E-state index is 0.0611. The third-order valence-corrected chi connectivity index (χ3v) is 4.67. The molecular weight excluding hydrogens is 258 g/mol. The normalized spacial score (nSPS) is 20.4. The number of hydrogen-bond donors (Lipinski definition) is 1. The van der Waals surface area contributed by atoms with E-state index in [-0.39, 0.29) is 16.6 Å². The summed E-state index contributed by atoms with van der Waals surface area (Å²) in [6, 6.07) is 4.75. The van der Waals surface area contributed by atoms with Crippen molar-refractivity contribution in [1.29, 1.82) is 0 Å². The molecule has 1 aromatic rings. The molecule has 2 nitrogen and oxygen atoms in total. The van der Waals surface area contributed by atoms with Gasteiger partial charge in [-0.25, -0.2) is 0 Å². The van der Waals surface area contributed by atoms with Crippen LogP contribution in [0, 0.1) is 0 Å². The Hall–Kier alpha value is -1.15. The lowest BCUT2D eigenvalue weighted by molar-refractivity contribution is 0.101. The highest BCUT2D eigenvalue weighted by Crippen LogP contribution is 2.47. The fourth-order valence-electron chi connectivity index (χ4n) is 3.46. The molecule has 116 valence electrons. The number of carbonyl (C=O) groups excluding carboxylic acids is 1. The van der Waals surface area contributed by atoms with Crippen LogP contribution < -0.4 is 5.32 Å². The first kappa shape index (κ1) is 16.2. The summed E-state index contributed by atoms with van der Waals surface area (Å²) in [5.41, 5.74) is 4.94. The Morgan fingerprint density at radius 1 is 1.33 bits per heavy atom. The Morgan fingerprint density at radius 2 is 1.95 bits per heavy atom. The molecule has 0 fully saturated rings. The average molecular weight is 287 g/mol. The Labute approximate surface area is 129 Å². The van der Waals surface area contributed by atoms with E-state index in [9.17, 15) is 4.79 Å². The molecule has 0 saturated heterocycles. The quantitative estimate of drug-likeness (QED) is 0.828. The van der Waals surface area contributed by atoms with Crippen molar-refractivity contribution >= 4 is 5.78 Å². The summed E-state index contributed by atoms with van der Waals surface area (Å²) in [6.07, 6.45) is 1.06. The zero-order valence-electron chi connectivity index (χ0n) is 14.6. The average Bonchev–Trinajstić information content (AvgIpc) is 2.59. The number of nitrogens with one attached hydrogen (secondary N) is 1. The molecule has 2 heteroatoms. The zero-order chi connectivity index (χ0) is 16.0. The number of fused-ring (bicyclic) bond motifs is 1. The monoisotopic (exact) mass is 287 g/mol. The standard InChI is InChI=1S/C19H29NO/c1-8-20-16-11-19(6,7)15-10-13(18(3,4)5)9-14(12(2)21)17(15)16/h9-10,16,20H,8,11H2,1-7H3. The van der Waals surface area contributed by atoms with E-state index in [1.165, 1.54) is 16.7 Å². The van der Waals surface area contributed by atoms with Gasteiger partial charge in [0.1, 0.15) is 0 Å². The van der Waals surface area contributed by atoms with Gasteiger partial charge in [0, 0.05) is 11.6 Å². The van der Waals surface area contributed by atoms with Crippen LogP contribution in [-0.2, 0) is 10.8 Å². The summed E-state index contributed by atoms with van der Waals surface area (Å²) in [6.45, 7) is 16.0. The molecule has 1 aliphatic carbocycles. The molecule has 0 saturated carbocycles. The number of Topliss-reactive ketones (excluding diaryl/α,β-unsaturated/α-hetero) is 1. The van der Waals surface area contributed by atoms with E-state index in [1.54, 1.807) is 6.92 Å². The highest BCUT2D eigenvalue weighted by atomic mass is 16.1. The summed E-state index contributed by atoms with van der Waals surface area (Å²) < 4.78 is 0. The molecule has 0 spiro atoms. The van der Waals surface area contributed by atoms with Crippen LogP contribution in [0.25, 0.3) is 0 Å². The van der Waals surface area contributed by atoms with Gasteiger partial charge in [-0.3, -0.25) is 4.79 Å². The van der Waals surface area contributed by atoms with Crippen LogP contribution in [0.15, 0.2) is 12.1 Å². The van der Waals surface area contributed by atoms with Crippen molar-refractivity contribution in [3.8, 4) is 0 Å². The van der Waals surface area contributed by atoms with Crippen LogP contribution in [0.3, 0.4) is 0 Å². The van der Waals surface area contributed by atoms with Crippen molar-refractivity contribution < 1.29 is 4.79 Å². The maximum Gasteiger partial charge on any atom is 0.160 e. The number of ketones is 1. The van der Waals surface area contributed by atoms with E-state index < -0.39 is 0 Å². The van der Waals surface area contributed by atoms with Gasteiger partial charge in [0.15, 0.2) is 5.78 Å². The van der Waals surface area contributed by atoms with Gasteiger partial charge in [0.05, 0.1) is 0 Å². The second-order valence-electron chi connectivity index (χ2n) is 7.99. The molecule has 2 rings (SSSR count). The van der Waals surface area contributed by atoms with Gasteiger partial charge in [-0.2, -0.15) is 0 Å². The molecule has 1 unspecified atom stereocenters. The Kier molecular flexibility index (Phi) is 4.05. The van der Waals surface area contributed by atoms with Crippen molar-refractivity contribution in [1.82, 2.24) is 5.32 Å². The largest absolute Gasteiger partial charge is 0.310 e. The highest BCUT2D eigenvalue weighted by Gasteiger charge is 2.39. The van der Waals surface area contributed by atoms with Crippen molar-refractivity contribution in [2.75, 3.05) is 6.54 Å². The van der Waals surface area contributed by atoms with Crippen molar-refractivity contribution in [2.45, 2.75) is 71.8 Å². The van der Waals surface area contributed by atoms with Gasteiger partial charge in [0.2, 0.25) is 0 Å². The molecule has 1 N–H and O–H groups in total. The minimum Gasteiger partial charge on any atom is -0.310 e. The van der Waals surface area contributed by atoms with Gasteiger partial charge < -0.3 is 5.32 Å². The number of rotatable bonds is 3. The molecule has 0 aromatic heterocycles. The van der Waals surface area contributed by atoms with E-state index in [1.807, 2.05) is 0 Å². The Balaban J connectivity index is 2.71. The van der Waals surface area contributed by atoms with Crippen molar-refractivity contribution in [3.05, 3.63) is 34.4 Å². The maximum absolute atomic E-state index is 12.2. The summed E-state index contributed by atoms with van der Waals surface area (Å²) in [5.74, 6) is 0.179. The van der Waals surface area contributed by atoms with Gasteiger partial charge in [-0.05, 0) is 53.5 Å². The summed E-state index contributed by atoms with van der Waals surface area (Å²) in [5, 5.41) is 3.56. The molecular formula is C19H29NO. The van der Waals surface area contributed by atoms with Gasteiger partial charge in [-0.1, -0.05) is 47.6 Å². The SMILES string of the molecule is CCNC1CC(C)(C)c2cc(C(C)(C)C)cc(C(C)=O)c21. The number of benzene rings is 1. The van der Waals surface area contributed by atoms with E-state index in [4.69, 9.17) is 0 Å². The van der Waals surface area contributed by atoms with E-state index in [2.05, 4.69) is 59.0 Å². The smallest absolute Gasteiger partial charge is 0.160 e. The molecule has 0 amide bonds. The first-order valence-corrected chi connectivity index (χ1v) is 8.01.